The molecule has 2 saturated heterocycles. The van der Waals surface area contributed by atoms with E-state index in [0.717, 1.165) is 50.6 Å². The molecule has 9 radical (unpaired) electrons. The van der Waals surface area contributed by atoms with Crippen LogP contribution < -0.4 is 0 Å². The summed E-state index contributed by atoms with van der Waals surface area (Å²) >= 11 is 0. The summed E-state index contributed by atoms with van der Waals surface area (Å²) in [6, 6.07) is 3.12. The van der Waals surface area contributed by atoms with E-state index in [1.807, 2.05) is 6.29 Å². The molecule has 6 rings (SSSR count). The van der Waals surface area contributed by atoms with Crippen LogP contribution >= 0.6 is 0 Å². The van der Waals surface area contributed by atoms with Gasteiger partial charge >= 0.3 is 37.3 Å². The Hall–Kier alpha value is 1.61. The second-order valence-electron chi connectivity index (χ2n) is 17.6. The van der Waals surface area contributed by atoms with E-state index in [-0.39, 0.29) is 54.1 Å². The molecule has 2 heterocycles. The van der Waals surface area contributed by atoms with Gasteiger partial charge in [-0.15, -0.1) is 6.29 Å². The molecule has 6 aliphatic rings. The molecule has 0 spiro atoms. The van der Waals surface area contributed by atoms with Gasteiger partial charge in [-0.25, -0.2) is 0 Å². The Kier molecular flexibility index (Phi) is 25.5. The van der Waals surface area contributed by atoms with Gasteiger partial charge in [0.1, 0.15) is 0 Å². The van der Waals surface area contributed by atoms with Crippen LogP contribution in [0.4, 0.5) is 0 Å². The molecule has 0 aromatic heterocycles. The van der Waals surface area contributed by atoms with Crippen molar-refractivity contribution < 1.29 is 46.8 Å². The minimum absolute atomic E-state index is 0. The van der Waals surface area contributed by atoms with Gasteiger partial charge in [0.15, 0.2) is 0 Å². The Morgan fingerprint density at radius 3 is 0.776 bits per heavy atom. The molecule has 4 saturated carbocycles. The first kappa shape index (κ1) is 48.6. The van der Waals surface area contributed by atoms with Crippen molar-refractivity contribution in [2.24, 2.45) is 0 Å². The van der Waals surface area contributed by atoms with Gasteiger partial charge in [0.05, 0.1) is 16.5 Å². The second-order valence-corrected chi connectivity index (χ2v) is 27.6. The number of hydrogen-bond donors (Lipinski definition) is 0. The van der Waals surface area contributed by atoms with Crippen molar-refractivity contribution in [3.05, 3.63) is 6.29 Å². The number of rotatable bonds is 9. The van der Waals surface area contributed by atoms with E-state index < -0.39 is 16.5 Å². The molecule has 0 amide bonds. The van der Waals surface area contributed by atoms with Gasteiger partial charge in [0.25, 0.3) is 0 Å². The Morgan fingerprint density at radius 1 is 0.388 bits per heavy atom. The third-order valence-corrected chi connectivity index (χ3v) is 18.6. The average molecular weight is 866 g/mol. The molecule has 49 heavy (non-hydrogen) atoms. The maximum Gasteiger partial charge on any atom is 3.00 e. The summed E-state index contributed by atoms with van der Waals surface area (Å²) < 4.78 is 13.1. The van der Waals surface area contributed by atoms with Crippen LogP contribution in [0.3, 0.4) is 0 Å². The maximum absolute atomic E-state index is 4.94. The fourth-order valence-electron chi connectivity index (χ4n) is 9.68. The van der Waals surface area contributed by atoms with Crippen molar-refractivity contribution in [2.75, 3.05) is 26.4 Å². The number of hydrogen-bond acceptors (Lipinski definition) is 5. The molecule has 6 fully saturated rings. The molecule has 4 aliphatic carbocycles. The van der Waals surface area contributed by atoms with E-state index in [2.05, 4.69) is 53.3 Å². The minimum atomic E-state index is -1.59. The van der Waals surface area contributed by atoms with E-state index in [4.69, 9.17) is 9.47 Å². The normalized spacial score (nSPS) is 23.6. The quantitative estimate of drug-likeness (QED) is 0.170. The van der Waals surface area contributed by atoms with Gasteiger partial charge in [-0.1, -0.05) is 116 Å². The topological polar surface area (TPSA) is 28.2 Å². The van der Waals surface area contributed by atoms with Crippen molar-refractivity contribution >= 4 is 33.3 Å². The average Bonchev–Trinajstić information content (AvgIpc) is 3.83. The monoisotopic (exact) mass is 865 g/mol. The van der Waals surface area contributed by atoms with Gasteiger partial charge in [-0.05, 0) is 101 Å². The van der Waals surface area contributed by atoms with Gasteiger partial charge in [-0.2, -0.15) is 0 Å². The number of nitrogens with zero attached hydrogens (tertiary/aromatic N) is 3. The summed E-state index contributed by atoms with van der Waals surface area (Å²) in [6.07, 6.45) is 35.9. The van der Waals surface area contributed by atoms with E-state index in [0.29, 0.717) is 0 Å². The Morgan fingerprint density at radius 2 is 0.612 bits per heavy atom. The van der Waals surface area contributed by atoms with Crippen molar-refractivity contribution in [1.29, 1.82) is 0 Å². The third-order valence-electron chi connectivity index (χ3n) is 11.5. The van der Waals surface area contributed by atoms with Crippen LogP contribution in [-0.2, 0) is 9.47 Å². The largest absolute Gasteiger partial charge is 3.00 e. The van der Waals surface area contributed by atoms with Crippen LogP contribution in [-0.4, -0.2) is 97.9 Å². The predicted molar refractivity (Wildman–Crippen MR) is 215 cm³/mol. The zero-order valence-corrected chi connectivity index (χ0v) is 37.1. The Bertz CT molecular complexity index is 690. The molecular weight excluding hydrogens is 788 g/mol. The first-order chi connectivity index (χ1) is 22.2. The fourth-order valence-corrected chi connectivity index (χ4v) is 19.4. The van der Waals surface area contributed by atoms with Crippen molar-refractivity contribution in [3.63, 3.8) is 0 Å². The van der Waals surface area contributed by atoms with Crippen molar-refractivity contribution in [1.82, 2.24) is 14.0 Å². The summed E-state index contributed by atoms with van der Waals surface area (Å²) in [5.74, 6) is 0. The minimum Gasteiger partial charge on any atom is -1.00 e. The SMILES string of the molecule is C1CCOC1.C1CCOC1.C[Si](C)(C)N([C-](N(C1CCCCC1)C1CCCCC1)N(C1CCCCC1)C1CCCCC1)[Si](C)(C)C.[B-].[B-].[Er+3]. The molecule has 0 atom stereocenters. The van der Waals surface area contributed by atoms with Crippen LogP contribution in [0.1, 0.15) is 154 Å². The smallest absolute Gasteiger partial charge is 1.00 e. The van der Waals surface area contributed by atoms with E-state index in [9.17, 15) is 0 Å². The maximum atomic E-state index is 4.94. The molecule has 2 aliphatic heterocycles. The predicted octanol–water partition coefficient (Wildman–Crippen LogP) is 10.2. The van der Waals surface area contributed by atoms with Gasteiger partial charge in [0.2, 0.25) is 0 Å². The summed E-state index contributed by atoms with van der Waals surface area (Å²) in [5.41, 5.74) is 0. The molecule has 0 unspecified atom stereocenters. The molecular formula is C39H78B2ErN3O2Si2. The zero-order valence-electron chi connectivity index (χ0n) is 33.2. The fraction of sp³-hybridized carbons (Fsp3) is 0.974. The van der Waals surface area contributed by atoms with Gasteiger partial charge in [-0.3, -0.25) is 0 Å². The van der Waals surface area contributed by atoms with E-state index >= 15 is 0 Å². The van der Waals surface area contributed by atoms with Crippen LogP contribution in [0.15, 0.2) is 0 Å². The van der Waals surface area contributed by atoms with E-state index in [1.165, 1.54) is 154 Å². The van der Waals surface area contributed by atoms with Gasteiger partial charge in [0, 0.05) is 26.4 Å². The molecule has 5 nitrogen and oxygen atoms in total. The Labute approximate surface area is 341 Å². The second kappa shape index (κ2) is 25.6. The summed E-state index contributed by atoms with van der Waals surface area (Å²) in [7, 11) is -3.18. The van der Waals surface area contributed by atoms with Crippen LogP contribution in [0.5, 0.6) is 0 Å². The molecule has 10 heteroatoms. The third kappa shape index (κ3) is 16.1. The summed E-state index contributed by atoms with van der Waals surface area (Å²) in [5, 5.41) is 0. The Balaban J connectivity index is 0.000000791. The van der Waals surface area contributed by atoms with Crippen LogP contribution in [0.25, 0.3) is 0 Å². The first-order valence-electron chi connectivity index (χ1n) is 20.6. The van der Waals surface area contributed by atoms with Crippen molar-refractivity contribution in [2.45, 2.75) is 218 Å². The van der Waals surface area contributed by atoms with Crippen LogP contribution in [0.2, 0.25) is 39.3 Å². The van der Waals surface area contributed by atoms with E-state index in [1.54, 1.807) is 0 Å². The van der Waals surface area contributed by atoms with Gasteiger partial charge < -0.3 is 40.3 Å². The van der Waals surface area contributed by atoms with Crippen LogP contribution in [0, 0.1) is 43.6 Å². The summed E-state index contributed by atoms with van der Waals surface area (Å²) in [6.45, 7) is 20.0. The first-order valence-corrected chi connectivity index (χ1v) is 27.5. The summed E-state index contributed by atoms with van der Waals surface area (Å²) in [4.78, 5) is 6.41. The number of ether oxygens (including phenoxy) is 2. The molecule has 0 aromatic carbocycles. The van der Waals surface area contributed by atoms with Crippen molar-refractivity contribution in [3.8, 4) is 0 Å². The zero-order chi connectivity index (χ0) is 32.8. The molecule has 287 valence electrons. The molecule has 0 aromatic rings. The molecule has 0 bridgehead atoms. The molecule has 0 N–H and O–H groups in total. The standard InChI is InChI=1S/C31H62N3Si2.2C4H8O.2B.Er/c1-35(2,3)34(36(4,5)6)31(32(27-19-11-7-12-20-27)28-21-13-8-14-22-28)33(29-23-15-9-16-24-29)30-25-17-10-18-26-30;2*1-2-4-5-3-1;;;/h27-30H,7-26H2,1-6H3;2*1-4H2;;;/q-1;;;2*-1;+3.